The van der Waals surface area contributed by atoms with E-state index in [1.807, 2.05) is 30.3 Å². The quantitative estimate of drug-likeness (QED) is 0.838. The summed E-state index contributed by atoms with van der Waals surface area (Å²) in [7, 11) is 0. The molecule has 7 nitrogen and oxygen atoms in total. The summed E-state index contributed by atoms with van der Waals surface area (Å²) in [6.45, 7) is 2.01. The molecule has 142 valence electrons. The molecule has 0 aliphatic carbocycles. The van der Waals surface area contributed by atoms with Crippen molar-refractivity contribution in [2.75, 3.05) is 32.8 Å². The van der Waals surface area contributed by atoms with E-state index in [2.05, 4.69) is 0 Å². The van der Waals surface area contributed by atoms with Gasteiger partial charge in [-0.25, -0.2) is 0 Å². The number of aromatic hydroxyl groups is 2. The minimum Gasteiger partial charge on any atom is -0.508 e. The largest absolute Gasteiger partial charge is 0.508 e. The maximum Gasteiger partial charge on any atom is 0.254 e. The van der Waals surface area contributed by atoms with E-state index >= 15 is 0 Å². The van der Waals surface area contributed by atoms with Crippen LogP contribution in [0.15, 0.2) is 48.5 Å². The first kappa shape index (κ1) is 18.6. The van der Waals surface area contributed by atoms with Gasteiger partial charge < -0.3 is 24.7 Å². The molecule has 2 aromatic rings. The van der Waals surface area contributed by atoms with E-state index in [0.717, 1.165) is 5.75 Å². The highest BCUT2D eigenvalue weighted by Crippen LogP contribution is 2.22. The zero-order chi connectivity index (χ0) is 19.2. The second kappa shape index (κ2) is 8.44. The van der Waals surface area contributed by atoms with Crippen LogP contribution in [-0.4, -0.2) is 64.6 Å². The second-order valence-electron chi connectivity index (χ2n) is 6.32. The molecule has 0 radical (unpaired) electrons. The second-order valence-corrected chi connectivity index (χ2v) is 6.32. The molecular formula is C20H22N2O5. The van der Waals surface area contributed by atoms with Crippen LogP contribution in [0.4, 0.5) is 0 Å². The summed E-state index contributed by atoms with van der Waals surface area (Å²) in [6, 6.07) is 13.1. The number of para-hydroxylation sites is 1. The number of rotatable bonds is 5. The molecule has 0 aromatic heterocycles. The minimum atomic E-state index is -0.277. The van der Waals surface area contributed by atoms with Gasteiger partial charge in [0.25, 0.3) is 5.91 Å². The molecule has 1 fully saturated rings. The Morgan fingerprint density at radius 2 is 1.48 bits per heavy atom. The van der Waals surface area contributed by atoms with E-state index in [0.29, 0.717) is 32.8 Å². The summed E-state index contributed by atoms with van der Waals surface area (Å²) < 4.78 is 5.55. The fraction of sp³-hybridized carbons (Fsp3) is 0.300. The van der Waals surface area contributed by atoms with Crippen molar-refractivity contribution in [2.45, 2.75) is 6.42 Å². The molecule has 0 unspecified atom stereocenters. The van der Waals surface area contributed by atoms with Crippen molar-refractivity contribution in [1.29, 1.82) is 0 Å². The molecule has 1 aliphatic heterocycles. The van der Waals surface area contributed by atoms with Crippen molar-refractivity contribution in [3.8, 4) is 17.2 Å². The van der Waals surface area contributed by atoms with Crippen LogP contribution in [0.3, 0.4) is 0 Å². The van der Waals surface area contributed by atoms with Crippen LogP contribution in [-0.2, 0) is 4.79 Å². The standard InChI is InChI=1S/C20H22N2O5/c23-16-12-15(13-17(24)14-16)20(26)22-9-7-21(8-10-22)19(25)6-11-27-18-4-2-1-3-5-18/h1-5,12-14,23-24H,6-11H2. The van der Waals surface area contributed by atoms with Crippen LogP contribution in [0.1, 0.15) is 16.8 Å². The van der Waals surface area contributed by atoms with E-state index in [1.165, 1.54) is 18.2 Å². The van der Waals surface area contributed by atoms with Gasteiger partial charge in [0, 0.05) is 37.8 Å². The Morgan fingerprint density at radius 3 is 2.11 bits per heavy atom. The highest BCUT2D eigenvalue weighted by molar-refractivity contribution is 5.95. The normalized spacial score (nSPS) is 14.1. The number of piperazine rings is 1. The number of carbonyl (C=O) groups is 2. The summed E-state index contributed by atoms with van der Waals surface area (Å²) in [5.41, 5.74) is 0.225. The highest BCUT2D eigenvalue weighted by atomic mass is 16.5. The SMILES string of the molecule is O=C(CCOc1ccccc1)N1CCN(C(=O)c2cc(O)cc(O)c2)CC1. The maximum atomic E-state index is 12.5. The molecular weight excluding hydrogens is 348 g/mol. The van der Waals surface area contributed by atoms with Crippen molar-refractivity contribution in [1.82, 2.24) is 9.80 Å². The molecule has 0 bridgehead atoms. The lowest BCUT2D eigenvalue weighted by molar-refractivity contribution is -0.133. The number of ether oxygens (including phenoxy) is 1. The van der Waals surface area contributed by atoms with E-state index in [4.69, 9.17) is 4.74 Å². The predicted molar refractivity (Wildman–Crippen MR) is 98.8 cm³/mol. The molecule has 0 saturated carbocycles. The van der Waals surface area contributed by atoms with Gasteiger partial charge in [-0.05, 0) is 24.3 Å². The van der Waals surface area contributed by atoms with Crippen molar-refractivity contribution in [3.63, 3.8) is 0 Å². The average molecular weight is 370 g/mol. The average Bonchev–Trinajstić information content (AvgIpc) is 2.67. The molecule has 7 heteroatoms. The lowest BCUT2D eigenvalue weighted by atomic mass is 10.1. The number of amides is 2. The molecule has 27 heavy (non-hydrogen) atoms. The van der Waals surface area contributed by atoms with Gasteiger partial charge in [0.15, 0.2) is 0 Å². The predicted octanol–water partition coefficient (Wildman–Crippen LogP) is 1.85. The van der Waals surface area contributed by atoms with Crippen LogP contribution in [0, 0.1) is 0 Å². The maximum absolute atomic E-state index is 12.5. The fourth-order valence-corrected chi connectivity index (χ4v) is 2.99. The lowest BCUT2D eigenvalue weighted by Crippen LogP contribution is -2.50. The van der Waals surface area contributed by atoms with Gasteiger partial charge >= 0.3 is 0 Å². The summed E-state index contributed by atoms with van der Waals surface area (Å²) in [4.78, 5) is 28.1. The number of phenolic OH excluding ortho intramolecular Hbond substituents is 2. The Bertz CT molecular complexity index is 781. The first-order valence-corrected chi connectivity index (χ1v) is 8.81. The molecule has 1 aliphatic rings. The molecule has 2 aromatic carbocycles. The smallest absolute Gasteiger partial charge is 0.254 e. The molecule has 2 N–H and O–H groups in total. The Hall–Kier alpha value is -3.22. The zero-order valence-electron chi connectivity index (χ0n) is 14.9. The van der Waals surface area contributed by atoms with E-state index < -0.39 is 0 Å². The number of carbonyl (C=O) groups excluding carboxylic acids is 2. The Kier molecular flexibility index (Phi) is 5.80. The Morgan fingerprint density at radius 1 is 0.889 bits per heavy atom. The highest BCUT2D eigenvalue weighted by Gasteiger charge is 2.25. The first-order chi connectivity index (χ1) is 13.0. The number of phenols is 2. The van der Waals surface area contributed by atoms with Gasteiger partial charge in [0.1, 0.15) is 17.2 Å². The van der Waals surface area contributed by atoms with Gasteiger partial charge in [-0.15, -0.1) is 0 Å². The number of hydrogen-bond acceptors (Lipinski definition) is 5. The van der Waals surface area contributed by atoms with Gasteiger partial charge in [-0.1, -0.05) is 18.2 Å². The Balaban J connectivity index is 1.46. The van der Waals surface area contributed by atoms with Crippen molar-refractivity contribution < 1.29 is 24.5 Å². The van der Waals surface area contributed by atoms with E-state index in [1.54, 1.807) is 9.80 Å². The first-order valence-electron chi connectivity index (χ1n) is 8.81. The number of benzene rings is 2. The van der Waals surface area contributed by atoms with Crippen LogP contribution >= 0.6 is 0 Å². The number of hydrogen-bond donors (Lipinski definition) is 2. The zero-order valence-corrected chi connectivity index (χ0v) is 14.9. The third kappa shape index (κ3) is 4.91. The molecule has 0 atom stereocenters. The van der Waals surface area contributed by atoms with Gasteiger partial charge in [-0.2, -0.15) is 0 Å². The van der Waals surface area contributed by atoms with Crippen LogP contribution in [0.25, 0.3) is 0 Å². The monoisotopic (exact) mass is 370 g/mol. The molecule has 2 amide bonds. The Labute approximate surface area is 157 Å². The van der Waals surface area contributed by atoms with Gasteiger partial charge in [0.2, 0.25) is 5.91 Å². The van der Waals surface area contributed by atoms with Crippen molar-refractivity contribution in [3.05, 3.63) is 54.1 Å². The molecule has 1 saturated heterocycles. The van der Waals surface area contributed by atoms with Crippen molar-refractivity contribution >= 4 is 11.8 Å². The topological polar surface area (TPSA) is 90.3 Å². The van der Waals surface area contributed by atoms with Crippen LogP contribution in [0.5, 0.6) is 17.2 Å². The van der Waals surface area contributed by atoms with Gasteiger partial charge in [0.05, 0.1) is 13.0 Å². The van der Waals surface area contributed by atoms with E-state index in [9.17, 15) is 19.8 Å². The third-order valence-corrected chi connectivity index (χ3v) is 4.40. The van der Waals surface area contributed by atoms with Crippen molar-refractivity contribution in [2.24, 2.45) is 0 Å². The van der Waals surface area contributed by atoms with Crippen LogP contribution < -0.4 is 4.74 Å². The summed E-state index contributed by atoms with van der Waals surface area (Å²) >= 11 is 0. The minimum absolute atomic E-state index is 0.00645. The van der Waals surface area contributed by atoms with Crippen LogP contribution in [0.2, 0.25) is 0 Å². The molecule has 0 spiro atoms. The summed E-state index contributed by atoms with van der Waals surface area (Å²) in [5, 5.41) is 19.1. The molecule has 3 rings (SSSR count). The lowest BCUT2D eigenvalue weighted by Gasteiger charge is -2.35. The summed E-state index contributed by atoms with van der Waals surface area (Å²) in [6.07, 6.45) is 0.281. The van der Waals surface area contributed by atoms with E-state index in [-0.39, 0.29) is 35.3 Å². The van der Waals surface area contributed by atoms with Gasteiger partial charge in [-0.3, -0.25) is 9.59 Å². The fourth-order valence-electron chi connectivity index (χ4n) is 2.99. The summed E-state index contributed by atoms with van der Waals surface area (Å²) in [5.74, 6) is 0.125. The third-order valence-electron chi connectivity index (χ3n) is 4.40. The molecule has 1 heterocycles. The number of nitrogens with zero attached hydrogens (tertiary/aromatic N) is 2.